The molecule has 0 radical (unpaired) electrons. The van der Waals surface area contributed by atoms with Crippen LogP contribution >= 0.6 is 0 Å². The zero-order chi connectivity index (χ0) is 20.0. The minimum atomic E-state index is -1.24. The molecule has 2 unspecified atom stereocenters. The normalized spacial score (nSPS) is 15.0. The lowest BCUT2D eigenvalue weighted by atomic mass is 9.63. The fourth-order valence-electron chi connectivity index (χ4n) is 3.90. The van der Waals surface area contributed by atoms with Crippen molar-refractivity contribution in [2.24, 2.45) is 11.1 Å². The molecule has 4 N–H and O–H groups in total. The van der Waals surface area contributed by atoms with Gasteiger partial charge in [0.15, 0.2) is 0 Å². The third kappa shape index (κ3) is 4.50. The van der Waals surface area contributed by atoms with Gasteiger partial charge in [0.05, 0.1) is 5.60 Å². The Morgan fingerprint density at radius 3 is 1.32 bits per heavy atom. The van der Waals surface area contributed by atoms with Gasteiger partial charge in [-0.3, -0.25) is 0 Å². The van der Waals surface area contributed by atoms with E-state index in [1.807, 2.05) is 97.9 Å². The van der Waals surface area contributed by atoms with E-state index in [0.29, 0.717) is 19.3 Å². The van der Waals surface area contributed by atoms with Gasteiger partial charge in [0.2, 0.25) is 0 Å². The summed E-state index contributed by atoms with van der Waals surface area (Å²) in [6.07, 6.45) is 0.104. The van der Waals surface area contributed by atoms with E-state index >= 15 is 0 Å². The first-order chi connectivity index (χ1) is 13.4. The van der Waals surface area contributed by atoms with Crippen LogP contribution < -0.4 is 5.73 Å². The fourth-order valence-corrected chi connectivity index (χ4v) is 3.90. The molecule has 3 nitrogen and oxygen atoms in total. The van der Waals surface area contributed by atoms with Crippen LogP contribution in [0.4, 0.5) is 0 Å². The molecule has 0 saturated carbocycles. The molecule has 0 heterocycles. The molecule has 0 saturated heterocycles. The van der Waals surface area contributed by atoms with Gasteiger partial charge in [0.1, 0.15) is 6.23 Å². The van der Waals surface area contributed by atoms with Crippen molar-refractivity contribution in [2.45, 2.75) is 38.0 Å². The van der Waals surface area contributed by atoms with Gasteiger partial charge in [0, 0.05) is 18.3 Å². The average molecular weight is 376 g/mol. The molecule has 0 aliphatic carbocycles. The highest BCUT2D eigenvalue weighted by Gasteiger charge is 2.50. The predicted molar refractivity (Wildman–Crippen MR) is 114 cm³/mol. The maximum atomic E-state index is 12.0. The summed E-state index contributed by atoms with van der Waals surface area (Å²) in [5, 5.41) is 22.7. The molecule has 0 aliphatic heterocycles. The van der Waals surface area contributed by atoms with Crippen LogP contribution in [0.1, 0.15) is 23.6 Å². The molecule has 0 bridgehead atoms. The van der Waals surface area contributed by atoms with Crippen molar-refractivity contribution in [2.75, 3.05) is 0 Å². The Morgan fingerprint density at radius 1 is 0.679 bits per heavy atom. The first-order valence-corrected chi connectivity index (χ1v) is 9.71. The van der Waals surface area contributed by atoms with Crippen LogP contribution in [0.5, 0.6) is 0 Å². The highest BCUT2D eigenvalue weighted by molar-refractivity contribution is 5.26. The number of benzene rings is 3. The SMILES string of the molecule is CC(Cc1ccccc1)(C(N)O)C(O)(Cc1ccccc1)Cc1ccccc1. The summed E-state index contributed by atoms with van der Waals surface area (Å²) >= 11 is 0. The van der Waals surface area contributed by atoms with Crippen LogP contribution in [0, 0.1) is 5.41 Å². The Bertz CT molecular complexity index is 808. The summed E-state index contributed by atoms with van der Waals surface area (Å²) in [6.45, 7) is 1.89. The van der Waals surface area contributed by atoms with Crippen molar-refractivity contribution in [1.82, 2.24) is 0 Å². The van der Waals surface area contributed by atoms with Gasteiger partial charge < -0.3 is 15.9 Å². The zero-order valence-corrected chi connectivity index (χ0v) is 16.3. The summed E-state index contributed by atoms with van der Waals surface area (Å²) in [5.74, 6) is 0. The van der Waals surface area contributed by atoms with Gasteiger partial charge in [-0.25, -0.2) is 0 Å². The standard InChI is InChI=1S/C25H29NO2/c1-24(23(26)27,17-20-11-5-2-6-12-20)25(28,18-21-13-7-3-8-14-21)19-22-15-9-4-10-16-22/h2-16,23,27-28H,17-19,26H2,1H3. The van der Waals surface area contributed by atoms with Crippen molar-refractivity contribution in [1.29, 1.82) is 0 Å². The van der Waals surface area contributed by atoms with Crippen molar-refractivity contribution in [3.05, 3.63) is 108 Å². The minimum absolute atomic E-state index is 0.403. The third-order valence-electron chi connectivity index (χ3n) is 5.81. The number of rotatable bonds is 8. The van der Waals surface area contributed by atoms with Crippen molar-refractivity contribution in [3.63, 3.8) is 0 Å². The molecule has 28 heavy (non-hydrogen) atoms. The first-order valence-electron chi connectivity index (χ1n) is 9.71. The molecule has 0 aromatic heterocycles. The van der Waals surface area contributed by atoms with Gasteiger partial charge in [-0.15, -0.1) is 0 Å². The number of aliphatic hydroxyl groups excluding tert-OH is 1. The van der Waals surface area contributed by atoms with Gasteiger partial charge >= 0.3 is 0 Å². The molecular formula is C25H29NO2. The van der Waals surface area contributed by atoms with E-state index < -0.39 is 17.2 Å². The fraction of sp³-hybridized carbons (Fsp3) is 0.280. The van der Waals surface area contributed by atoms with E-state index in [4.69, 9.17) is 5.73 Å². The maximum Gasteiger partial charge on any atom is 0.110 e. The van der Waals surface area contributed by atoms with E-state index in [1.54, 1.807) is 0 Å². The minimum Gasteiger partial charge on any atom is -0.388 e. The molecule has 3 aromatic rings. The van der Waals surface area contributed by atoms with Crippen LogP contribution in [0.25, 0.3) is 0 Å². The highest BCUT2D eigenvalue weighted by atomic mass is 16.3. The monoisotopic (exact) mass is 375 g/mol. The highest BCUT2D eigenvalue weighted by Crippen LogP contribution is 2.41. The van der Waals surface area contributed by atoms with Gasteiger partial charge in [0.25, 0.3) is 0 Å². The molecule has 2 atom stereocenters. The van der Waals surface area contributed by atoms with E-state index in [1.165, 1.54) is 0 Å². The van der Waals surface area contributed by atoms with Crippen LogP contribution in [-0.2, 0) is 19.3 Å². The molecular weight excluding hydrogens is 346 g/mol. The lowest BCUT2D eigenvalue weighted by Crippen LogP contribution is -2.60. The molecule has 0 aliphatic rings. The topological polar surface area (TPSA) is 66.5 Å². The van der Waals surface area contributed by atoms with Crippen LogP contribution in [-0.4, -0.2) is 22.0 Å². The second-order valence-electron chi connectivity index (χ2n) is 7.88. The van der Waals surface area contributed by atoms with Crippen LogP contribution in [0.2, 0.25) is 0 Å². The van der Waals surface area contributed by atoms with E-state index in [0.717, 1.165) is 16.7 Å². The lowest BCUT2D eigenvalue weighted by molar-refractivity contribution is -0.133. The Hall–Kier alpha value is -2.46. The van der Waals surface area contributed by atoms with Gasteiger partial charge in [-0.1, -0.05) is 97.9 Å². The lowest BCUT2D eigenvalue weighted by Gasteiger charge is -2.47. The second kappa shape index (κ2) is 8.70. The van der Waals surface area contributed by atoms with Crippen molar-refractivity contribution in [3.8, 4) is 0 Å². The Labute approximate surface area is 167 Å². The molecule has 0 amide bonds. The molecule has 146 valence electrons. The quantitative estimate of drug-likeness (QED) is 0.526. The van der Waals surface area contributed by atoms with Gasteiger partial charge in [-0.05, 0) is 23.1 Å². The summed E-state index contributed by atoms with van der Waals surface area (Å²) in [6, 6.07) is 29.7. The zero-order valence-electron chi connectivity index (χ0n) is 16.3. The summed E-state index contributed by atoms with van der Waals surface area (Å²) in [5.41, 5.74) is 6.99. The molecule has 0 fully saturated rings. The van der Waals surface area contributed by atoms with E-state index in [9.17, 15) is 10.2 Å². The maximum absolute atomic E-state index is 12.0. The van der Waals surface area contributed by atoms with Crippen molar-refractivity contribution >= 4 is 0 Å². The Morgan fingerprint density at radius 2 is 1.00 bits per heavy atom. The summed E-state index contributed by atoms with van der Waals surface area (Å²) in [4.78, 5) is 0. The predicted octanol–water partition coefficient (Wildman–Crippen LogP) is 3.73. The van der Waals surface area contributed by atoms with Crippen molar-refractivity contribution < 1.29 is 10.2 Å². The Kier molecular flexibility index (Phi) is 6.30. The summed E-state index contributed by atoms with van der Waals surface area (Å²) in [7, 11) is 0. The summed E-state index contributed by atoms with van der Waals surface area (Å²) < 4.78 is 0. The number of aliphatic hydroxyl groups is 2. The second-order valence-corrected chi connectivity index (χ2v) is 7.88. The third-order valence-corrected chi connectivity index (χ3v) is 5.81. The first kappa shape index (κ1) is 20.3. The molecule has 3 aromatic carbocycles. The van der Waals surface area contributed by atoms with Crippen LogP contribution in [0.15, 0.2) is 91.0 Å². The van der Waals surface area contributed by atoms with E-state index in [2.05, 4.69) is 0 Å². The molecule has 0 spiro atoms. The average Bonchev–Trinajstić information content (AvgIpc) is 2.70. The number of hydrogen-bond acceptors (Lipinski definition) is 3. The smallest absolute Gasteiger partial charge is 0.110 e. The van der Waals surface area contributed by atoms with E-state index in [-0.39, 0.29) is 0 Å². The molecule has 3 heteroatoms. The molecule has 3 rings (SSSR count). The van der Waals surface area contributed by atoms with Crippen LogP contribution in [0.3, 0.4) is 0 Å². The Balaban J connectivity index is 2.03. The number of nitrogens with two attached hydrogens (primary N) is 1. The van der Waals surface area contributed by atoms with Gasteiger partial charge in [-0.2, -0.15) is 0 Å². The largest absolute Gasteiger partial charge is 0.388 e. The number of hydrogen-bond donors (Lipinski definition) is 3.